The van der Waals surface area contributed by atoms with Crippen molar-refractivity contribution in [1.29, 1.82) is 0 Å². The van der Waals surface area contributed by atoms with Crippen molar-refractivity contribution in [2.75, 3.05) is 18.0 Å². The summed E-state index contributed by atoms with van der Waals surface area (Å²) in [5, 5.41) is 0. The molecule has 0 fully saturated rings. The van der Waals surface area contributed by atoms with Crippen molar-refractivity contribution < 1.29 is 27.5 Å². The minimum Gasteiger partial charge on any atom is -0.443 e. The molecule has 2 aliphatic heterocycles. The molecule has 3 aliphatic rings. The summed E-state index contributed by atoms with van der Waals surface area (Å²) in [4.78, 5) is 27.3. The van der Waals surface area contributed by atoms with Crippen LogP contribution in [0.1, 0.15) is 44.2 Å². The Morgan fingerprint density at radius 2 is 1.90 bits per heavy atom. The summed E-state index contributed by atoms with van der Waals surface area (Å²) in [7, 11) is 0. The van der Waals surface area contributed by atoms with E-state index in [-0.39, 0.29) is 12.5 Å². The molecule has 1 aliphatic carbocycles. The third kappa shape index (κ3) is 3.38. The largest absolute Gasteiger partial charge is 0.471 e. The fourth-order valence-corrected chi connectivity index (χ4v) is 4.58. The summed E-state index contributed by atoms with van der Waals surface area (Å²) in [6, 6.07) is 4.71. The zero-order chi connectivity index (χ0) is 22.0. The molecule has 1 unspecified atom stereocenters. The lowest BCUT2D eigenvalue weighted by atomic mass is 9.75. The van der Waals surface area contributed by atoms with Crippen LogP contribution in [-0.2, 0) is 9.53 Å². The molecular formula is C22H23F3N2O3. The topological polar surface area (TPSA) is 49.9 Å². The maximum absolute atomic E-state index is 13.2. The van der Waals surface area contributed by atoms with Gasteiger partial charge in [-0.2, -0.15) is 13.2 Å². The number of carbonyl (C=O) groups excluding carboxylic acids is 2. The van der Waals surface area contributed by atoms with Crippen molar-refractivity contribution in [2.24, 2.45) is 0 Å². The number of nitrogens with zero attached hydrogens (tertiary/aromatic N) is 2. The summed E-state index contributed by atoms with van der Waals surface area (Å²) in [5.41, 5.74) is 2.80. The van der Waals surface area contributed by atoms with Crippen LogP contribution in [0.2, 0.25) is 0 Å². The third-order valence-corrected chi connectivity index (χ3v) is 5.59. The maximum atomic E-state index is 13.2. The Hall–Kier alpha value is -2.77. The first-order chi connectivity index (χ1) is 13.9. The van der Waals surface area contributed by atoms with Gasteiger partial charge in [0.2, 0.25) is 0 Å². The number of alkyl halides is 3. The molecule has 8 heteroatoms. The number of amides is 2. The normalized spacial score (nSPS) is 23.0. The molecule has 2 heterocycles. The van der Waals surface area contributed by atoms with Gasteiger partial charge in [-0.05, 0) is 55.5 Å². The number of carbonyl (C=O) groups is 2. The predicted octanol–water partition coefficient (Wildman–Crippen LogP) is 4.64. The number of fused-ring (bicyclic) bond motifs is 2. The van der Waals surface area contributed by atoms with E-state index in [1.165, 1.54) is 4.90 Å². The molecule has 1 aromatic rings. The lowest BCUT2D eigenvalue weighted by Gasteiger charge is -2.42. The highest BCUT2D eigenvalue weighted by molar-refractivity contribution is 5.95. The first-order valence-corrected chi connectivity index (χ1v) is 9.78. The lowest BCUT2D eigenvalue weighted by molar-refractivity contribution is -0.186. The summed E-state index contributed by atoms with van der Waals surface area (Å²) < 4.78 is 45.2. The van der Waals surface area contributed by atoms with Crippen molar-refractivity contribution >= 4 is 23.3 Å². The molecule has 0 N–H and O–H groups in total. The third-order valence-electron chi connectivity index (χ3n) is 5.59. The number of hydrogen-bond acceptors (Lipinski definition) is 3. The maximum Gasteiger partial charge on any atom is 0.471 e. The molecule has 30 heavy (non-hydrogen) atoms. The molecule has 4 rings (SSSR count). The van der Waals surface area contributed by atoms with Gasteiger partial charge in [-0.25, -0.2) is 4.79 Å². The summed E-state index contributed by atoms with van der Waals surface area (Å²) in [5.74, 6) is -2.04. The highest BCUT2D eigenvalue weighted by Gasteiger charge is 2.50. The molecule has 5 nitrogen and oxygen atoms in total. The second-order valence-electron chi connectivity index (χ2n) is 8.97. The molecule has 160 valence electrons. The van der Waals surface area contributed by atoms with Gasteiger partial charge in [0.15, 0.2) is 0 Å². The minimum absolute atomic E-state index is 0.163. The Balaban J connectivity index is 1.75. The van der Waals surface area contributed by atoms with E-state index in [0.29, 0.717) is 29.8 Å². The van der Waals surface area contributed by atoms with E-state index in [1.807, 2.05) is 12.1 Å². The van der Waals surface area contributed by atoms with Crippen LogP contribution in [0.3, 0.4) is 0 Å². The average molecular weight is 420 g/mol. The fourth-order valence-electron chi connectivity index (χ4n) is 4.58. The number of anilines is 1. The Morgan fingerprint density at radius 3 is 2.53 bits per heavy atom. The van der Waals surface area contributed by atoms with Crippen LogP contribution in [0.25, 0.3) is 5.57 Å². The SMILES string of the molecule is C=C1C=C2c3cccc4c3C(C[C@H]2N(C(=O)C(F)(F)F)C1)CN4C(=O)OC(C)(C)C. The molecule has 1 aromatic carbocycles. The van der Waals surface area contributed by atoms with Crippen LogP contribution in [-0.4, -0.2) is 47.8 Å². The van der Waals surface area contributed by atoms with Crippen molar-refractivity contribution in [3.63, 3.8) is 0 Å². The van der Waals surface area contributed by atoms with Crippen molar-refractivity contribution in [2.45, 2.75) is 50.9 Å². The van der Waals surface area contributed by atoms with Gasteiger partial charge in [-0.3, -0.25) is 9.69 Å². The highest BCUT2D eigenvalue weighted by atomic mass is 19.4. The van der Waals surface area contributed by atoms with E-state index in [2.05, 4.69) is 6.58 Å². The van der Waals surface area contributed by atoms with Crippen LogP contribution >= 0.6 is 0 Å². The minimum atomic E-state index is -4.96. The number of benzene rings is 1. The van der Waals surface area contributed by atoms with Crippen molar-refractivity contribution in [3.8, 4) is 0 Å². The first kappa shape index (κ1) is 20.5. The molecule has 0 spiro atoms. The first-order valence-electron chi connectivity index (χ1n) is 9.78. The number of rotatable bonds is 0. The van der Waals surface area contributed by atoms with Gasteiger partial charge >= 0.3 is 18.2 Å². The second-order valence-corrected chi connectivity index (χ2v) is 8.97. The van der Waals surface area contributed by atoms with Crippen LogP contribution in [0.5, 0.6) is 0 Å². The molecule has 2 amide bonds. The van der Waals surface area contributed by atoms with E-state index in [9.17, 15) is 22.8 Å². The van der Waals surface area contributed by atoms with E-state index < -0.39 is 29.8 Å². The Labute approximate surface area is 172 Å². The van der Waals surface area contributed by atoms with E-state index in [4.69, 9.17) is 4.74 Å². The smallest absolute Gasteiger partial charge is 0.443 e. The van der Waals surface area contributed by atoms with Crippen LogP contribution in [0.4, 0.5) is 23.7 Å². The Morgan fingerprint density at radius 1 is 1.20 bits per heavy atom. The molecule has 0 saturated heterocycles. The standard InChI is InChI=1S/C22H23F3N2O3/c1-12-8-15-14-6-5-7-16-18(14)13(11-27(16)20(29)30-21(2,3)4)9-17(15)26(10-12)19(28)22(23,24)25/h5-8,13,17H,1,9-11H2,2-4H3/t13?,17-/m1/s1. The van der Waals surface area contributed by atoms with E-state index in [0.717, 1.165) is 16.0 Å². The fraction of sp³-hybridized carbons (Fsp3) is 0.455. The van der Waals surface area contributed by atoms with Crippen LogP contribution in [0.15, 0.2) is 36.4 Å². The quantitative estimate of drug-likeness (QED) is 0.614. The summed E-state index contributed by atoms with van der Waals surface area (Å²) >= 11 is 0. The summed E-state index contributed by atoms with van der Waals surface area (Å²) in [6.07, 6.45) is -3.37. The lowest BCUT2D eigenvalue weighted by Crippen LogP contribution is -2.51. The van der Waals surface area contributed by atoms with Crippen molar-refractivity contribution in [1.82, 2.24) is 4.90 Å². The average Bonchev–Trinajstić information content (AvgIpc) is 2.99. The number of ether oxygens (including phenoxy) is 1. The Bertz CT molecular complexity index is 975. The predicted molar refractivity (Wildman–Crippen MR) is 106 cm³/mol. The number of halogens is 3. The monoisotopic (exact) mass is 420 g/mol. The van der Waals surface area contributed by atoms with Gasteiger partial charge in [-0.1, -0.05) is 24.8 Å². The Kier molecular flexibility index (Phi) is 4.52. The zero-order valence-corrected chi connectivity index (χ0v) is 17.0. The summed E-state index contributed by atoms with van der Waals surface area (Å²) in [6.45, 7) is 9.29. The van der Waals surface area contributed by atoms with Crippen LogP contribution in [0, 0.1) is 0 Å². The highest BCUT2D eigenvalue weighted by Crippen LogP contribution is 2.51. The molecule has 0 aromatic heterocycles. The zero-order valence-electron chi connectivity index (χ0n) is 17.0. The number of hydrogen-bond donors (Lipinski definition) is 0. The van der Waals surface area contributed by atoms with Gasteiger partial charge in [0, 0.05) is 19.0 Å². The second kappa shape index (κ2) is 6.62. The van der Waals surface area contributed by atoms with Gasteiger partial charge in [0.05, 0.1) is 11.7 Å². The van der Waals surface area contributed by atoms with E-state index in [1.54, 1.807) is 32.9 Å². The van der Waals surface area contributed by atoms with Gasteiger partial charge < -0.3 is 9.64 Å². The van der Waals surface area contributed by atoms with Crippen LogP contribution < -0.4 is 4.90 Å². The van der Waals surface area contributed by atoms with Gasteiger partial charge in [0.25, 0.3) is 0 Å². The van der Waals surface area contributed by atoms with Gasteiger partial charge in [-0.15, -0.1) is 0 Å². The molecule has 2 atom stereocenters. The molecular weight excluding hydrogens is 397 g/mol. The van der Waals surface area contributed by atoms with Gasteiger partial charge in [0.1, 0.15) is 5.60 Å². The van der Waals surface area contributed by atoms with E-state index >= 15 is 0 Å². The molecule has 0 saturated carbocycles. The van der Waals surface area contributed by atoms with Crippen molar-refractivity contribution in [3.05, 3.63) is 47.6 Å². The molecule has 0 bridgehead atoms. The molecule has 0 radical (unpaired) electrons.